The number of anilines is 1. The van der Waals surface area contributed by atoms with Crippen LogP contribution >= 0.6 is 0 Å². The molecule has 3 atom stereocenters. The van der Waals surface area contributed by atoms with Crippen molar-refractivity contribution in [2.75, 3.05) is 19.0 Å². The van der Waals surface area contributed by atoms with E-state index >= 15 is 0 Å². The van der Waals surface area contributed by atoms with Crippen molar-refractivity contribution in [3.8, 4) is 5.75 Å². The molecule has 4 rings (SSSR count). The summed E-state index contributed by atoms with van der Waals surface area (Å²) >= 11 is 0. The topological polar surface area (TPSA) is 178 Å². The zero-order valence-electron chi connectivity index (χ0n) is 22.2. The first-order chi connectivity index (χ1) is 17.5. The Labute approximate surface area is 220 Å². The molecule has 0 unspecified atom stereocenters. The highest BCUT2D eigenvalue weighted by atomic mass is 16.3. The third kappa shape index (κ3) is 3.98. The zero-order valence-corrected chi connectivity index (χ0v) is 22.2. The van der Waals surface area contributed by atoms with E-state index in [9.17, 15) is 39.6 Å². The van der Waals surface area contributed by atoms with Crippen LogP contribution in [0.1, 0.15) is 56.7 Å². The Morgan fingerprint density at radius 2 is 1.76 bits per heavy atom. The SMILES string of the molecule is CN(C)c1cc(CCC(=O)C(C)(C)C)c(O)c2c1C[C@H]1C[C@H]3CC(=O)C(C(N)=O)=C(O)[C@@]3(O)C(=O)C1=C2O. The molecule has 204 valence electrons. The number of fused-ring (bicyclic) bond motifs is 3. The minimum Gasteiger partial charge on any atom is -0.508 e. The minimum atomic E-state index is -2.60. The Balaban J connectivity index is 1.88. The van der Waals surface area contributed by atoms with Gasteiger partial charge in [-0.1, -0.05) is 20.8 Å². The van der Waals surface area contributed by atoms with Gasteiger partial charge in [0.2, 0.25) is 5.78 Å². The highest BCUT2D eigenvalue weighted by Gasteiger charge is 2.60. The number of aliphatic hydroxyl groups excluding tert-OH is 2. The summed E-state index contributed by atoms with van der Waals surface area (Å²) in [6, 6.07) is 1.77. The second-order valence-corrected chi connectivity index (χ2v) is 11.7. The largest absolute Gasteiger partial charge is 0.508 e. The smallest absolute Gasteiger partial charge is 0.255 e. The van der Waals surface area contributed by atoms with Gasteiger partial charge in [-0.3, -0.25) is 19.2 Å². The lowest BCUT2D eigenvalue weighted by Gasteiger charge is -2.46. The molecule has 0 saturated heterocycles. The van der Waals surface area contributed by atoms with Crippen molar-refractivity contribution >= 4 is 34.7 Å². The second kappa shape index (κ2) is 8.97. The van der Waals surface area contributed by atoms with E-state index < -0.39 is 57.4 Å². The van der Waals surface area contributed by atoms with Crippen molar-refractivity contribution in [2.24, 2.45) is 23.0 Å². The summed E-state index contributed by atoms with van der Waals surface area (Å²) in [6.07, 6.45) is 0.283. The van der Waals surface area contributed by atoms with Crippen LogP contribution < -0.4 is 10.6 Å². The average Bonchev–Trinajstić information content (AvgIpc) is 2.79. The average molecular weight is 527 g/mol. The number of primary amides is 1. The lowest BCUT2D eigenvalue weighted by molar-refractivity contribution is -0.147. The Morgan fingerprint density at radius 3 is 2.32 bits per heavy atom. The highest BCUT2D eigenvalue weighted by Crippen LogP contribution is 2.53. The molecule has 10 heteroatoms. The molecule has 3 aliphatic rings. The lowest BCUT2D eigenvalue weighted by Crippen LogP contribution is -2.58. The normalized spacial score (nSPS) is 25.1. The molecule has 6 N–H and O–H groups in total. The van der Waals surface area contributed by atoms with Crippen molar-refractivity contribution in [3.63, 3.8) is 0 Å². The first kappa shape index (κ1) is 27.4. The number of carbonyl (C=O) groups is 4. The molecule has 1 fully saturated rings. The molecule has 0 bridgehead atoms. The van der Waals surface area contributed by atoms with E-state index in [1.807, 2.05) is 25.7 Å². The fraction of sp³-hybridized carbons (Fsp3) is 0.500. The number of aryl methyl sites for hydroxylation is 1. The third-order valence-electron chi connectivity index (χ3n) is 8.06. The molecular weight excluding hydrogens is 492 g/mol. The number of benzene rings is 1. The number of nitrogens with two attached hydrogens (primary N) is 1. The predicted molar refractivity (Wildman–Crippen MR) is 138 cm³/mol. The van der Waals surface area contributed by atoms with Crippen LogP contribution in [0.25, 0.3) is 5.76 Å². The predicted octanol–water partition coefficient (Wildman–Crippen LogP) is 2.04. The van der Waals surface area contributed by atoms with Gasteiger partial charge in [-0.25, -0.2) is 0 Å². The van der Waals surface area contributed by atoms with Gasteiger partial charge in [-0.05, 0) is 42.4 Å². The fourth-order valence-corrected chi connectivity index (χ4v) is 5.94. The summed E-state index contributed by atoms with van der Waals surface area (Å²) in [6.45, 7) is 5.42. The van der Waals surface area contributed by atoms with Crippen LogP contribution in [0.15, 0.2) is 23.0 Å². The molecule has 10 nitrogen and oxygen atoms in total. The second-order valence-electron chi connectivity index (χ2n) is 11.7. The third-order valence-corrected chi connectivity index (χ3v) is 8.06. The Bertz CT molecular complexity index is 1350. The van der Waals surface area contributed by atoms with Gasteiger partial charge < -0.3 is 31.1 Å². The number of hydrogen-bond donors (Lipinski definition) is 5. The lowest BCUT2D eigenvalue weighted by atomic mass is 9.59. The number of rotatable bonds is 5. The number of amides is 1. The van der Waals surface area contributed by atoms with Crippen LogP contribution in [-0.2, 0) is 32.0 Å². The van der Waals surface area contributed by atoms with Crippen molar-refractivity contribution in [1.82, 2.24) is 0 Å². The van der Waals surface area contributed by atoms with Crippen LogP contribution in [0, 0.1) is 17.3 Å². The van der Waals surface area contributed by atoms with Gasteiger partial charge >= 0.3 is 0 Å². The van der Waals surface area contributed by atoms with Crippen LogP contribution in [0.4, 0.5) is 5.69 Å². The summed E-state index contributed by atoms with van der Waals surface area (Å²) in [4.78, 5) is 52.4. The quantitative estimate of drug-likeness (QED) is 0.359. The van der Waals surface area contributed by atoms with Gasteiger partial charge in [0.15, 0.2) is 11.4 Å². The number of hydrogen-bond acceptors (Lipinski definition) is 9. The summed E-state index contributed by atoms with van der Waals surface area (Å²) < 4.78 is 0. The van der Waals surface area contributed by atoms with Gasteiger partial charge in [-0.2, -0.15) is 0 Å². The molecule has 0 aromatic heterocycles. The van der Waals surface area contributed by atoms with Gasteiger partial charge in [0, 0.05) is 49.5 Å². The molecule has 1 saturated carbocycles. The molecule has 1 amide bonds. The number of phenols is 1. The fourth-order valence-electron chi connectivity index (χ4n) is 5.94. The summed E-state index contributed by atoms with van der Waals surface area (Å²) in [7, 11) is 3.59. The maximum Gasteiger partial charge on any atom is 0.255 e. The van der Waals surface area contributed by atoms with E-state index in [2.05, 4.69) is 0 Å². The Morgan fingerprint density at radius 1 is 1.13 bits per heavy atom. The minimum absolute atomic E-state index is 0.00116. The Kier molecular flexibility index (Phi) is 6.46. The molecule has 38 heavy (non-hydrogen) atoms. The first-order valence-electron chi connectivity index (χ1n) is 12.6. The number of nitrogens with zero attached hydrogens (tertiary/aromatic N) is 1. The number of carbonyl (C=O) groups excluding carboxylic acids is 4. The van der Waals surface area contributed by atoms with E-state index in [0.29, 0.717) is 16.8 Å². The molecule has 0 spiro atoms. The zero-order chi connectivity index (χ0) is 28.5. The maximum atomic E-state index is 13.7. The van der Waals surface area contributed by atoms with Crippen molar-refractivity contribution in [3.05, 3.63) is 39.7 Å². The van der Waals surface area contributed by atoms with Gasteiger partial charge in [0.05, 0.1) is 5.56 Å². The number of ketones is 3. The first-order valence-corrected chi connectivity index (χ1v) is 12.6. The molecule has 0 radical (unpaired) electrons. The van der Waals surface area contributed by atoms with Crippen molar-refractivity contribution in [2.45, 2.75) is 58.5 Å². The molecule has 1 aromatic carbocycles. The Hall–Kier alpha value is -3.66. The summed E-state index contributed by atoms with van der Waals surface area (Å²) in [5.41, 5.74) is 2.77. The highest BCUT2D eigenvalue weighted by molar-refractivity contribution is 6.22. The van der Waals surface area contributed by atoms with E-state index in [4.69, 9.17) is 5.73 Å². The molecule has 0 aliphatic heterocycles. The number of aliphatic hydroxyl groups is 3. The molecule has 0 heterocycles. The summed E-state index contributed by atoms with van der Waals surface area (Å²) in [5, 5.41) is 44.7. The van der Waals surface area contributed by atoms with Crippen molar-refractivity contribution < 1.29 is 39.6 Å². The molecule has 1 aromatic rings. The van der Waals surface area contributed by atoms with Crippen LogP contribution in [0.3, 0.4) is 0 Å². The summed E-state index contributed by atoms with van der Waals surface area (Å²) in [5.74, 6) is -6.60. The standard InChI is InChI=1S/C28H34N2O8/c1-27(2,3)18(32)7-6-12-10-16(30(4)5)15-9-13-8-14-11-17(31)21(26(29)37)25(36)28(14,38)24(35)19(13)23(34)20(15)22(12)33/h10,13-14,33-34,36,38H,6-9,11H2,1-5H3,(H2,29,37)/t13-,14+,28+/m1/s1. The van der Waals surface area contributed by atoms with Gasteiger partial charge in [0.1, 0.15) is 28.6 Å². The van der Waals surface area contributed by atoms with Crippen molar-refractivity contribution in [1.29, 1.82) is 0 Å². The number of Topliss-reactive ketones (excluding diaryl/α,β-unsaturated/α-hetero) is 3. The molecule has 3 aliphatic carbocycles. The van der Waals surface area contributed by atoms with Gasteiger partial charge in [-0.15, -0.1) is 0 Å². The maximum absolute atomic E-state index is 13.7. The number of aromatic hydroxyl groups is 1. The van der Waals surface area contributed by atoms with E-state index in [1.54, 1.807) is 20.2 Å². The monoisotopic (exact) mass is 526 g/mol. The van der Waals surface area contributed by atoms with E-state index in [-0.39, 0.29) is 54.8 Å². The van der Waals surface area contributed by atoms with Crippen LogP contribution in [0.5, 0.6) is 5.75 Å². The van der Waals surface area contributed by atoms with Crippen LogP contribution in [-0.4, -0.2) is 63.4 Å². The molecular formula is C28H34N2O8. The van der Waals surface area contributed by atoms with Gasteiger partial charge in [0.25, 0.3) is 5.91 Å². The van der Waals surface area contributed by atoms with E-state index in [0.717, 1.165) is 0 Å². The number of phenolic OH excluding ortho intramolecular Hbond substituents is 1. The van der Waals surface area contributed by atoms with E-state index in [1.165, 1.54) is 0 Å². The van der Waals surface area contributed by atoms with Crippen LogP contribution in [0.2, 0.25) is 0 Å².